The van der Waals surface area contributed by atoms with Gasteiger partial charge in [-0.05, 0) is 12.5 Å². The van der Waals surface area contributed by atoms with E-state index in [1.807, 2.05) is 18.4 Å². The lowest BCUT2D eigenvalue weighted by molar-refractivity contribution is 0.468. The van der Waals surface area contributed by atoms with Gasteiger partial charge in [-0.15, -0.1) is 11.3 Å². The highest BCUT2D eigenvalue weighted by molar-refractivity contribution is 7.89. The summed E-state index contributed by atoms with van der Waals surface area (Å²) in [7, 11) is -1.52. The minimum absolute atomic E-state index is 0.214. The van der Waals surface area contributed by atoms with Gasteiger partial charge in [-0.3, -0.25) is 0 Å². The average molecular weight is 300 g/mol. The molecule has 0 radical (unpaired) electrons. The number of nitrogens with zero attached hydrogens (tertiary/aromatic N) is 1. The zero-order chi connectivity index (χ0) is 14.3. The van der Waals surface area contributed by atoms with E-state index >= 15 is 0 Å². The summed E-state index contributed by atoms with van der Waals surface area (Å²) in [5.74, 6) is 5.93. The average Bonchev–Trinajstić information content (AvgIpc) is 2.81. The predicted molar refractivity (Wildman–Crippen MR) is 80.4 cm³/mol. The van der Waals surface area contributed by atoms with E-state index in [2.05, 4.69) is 11.8 Å². The molecule has 19 heavy (non-hydrogen) atoms. The molecule has 0 amide bonds. The van der Waals surface area contributed by atoms with Crippen molar-refractivity contribution in [2.24, 2.45) is 5.73 Å². The minimum Gasteiger partial charge on any atom is -0.320 e. The van der Waals surface area contributed by atoms with Crippen molar-refractivity contribution in [2.45, 2.75) is 26.3 Å². The van der Waals surface area contributed by atoms with Crippen LogP contribution in [-0.4, -0.2) is 32.1 Å². The summed E-state index contributed by atoms with van der Waals surface area (Å²) in [4.78, 5) is 0.990. The van der Waals surface area contributed by atoms with E-state index in [1.54, 1.807) is 7.05 Å². The molecule has 2 N–H and O–H groups in total. The van der Waals surface area contributed by atoms with Crippen LogP contribution in [0, 0.1) is 11.8 Å². The molecule has 0 aliphatic carbocycles. The fourth-order valence-electron chi connectivity index (χ4n) is 1.48. The molecule has 1 rings (SSSR count). The number of hydrogen-bond donors (Lipinski definition) is 1. The SMILES string of the molecule is CCCCS(=O)(=O)N(C)Cc1cc(C#CCN)cs1. The van der Waals surface area contributed by atoms with Crippen molar-refractivity contribution >= 4 is 21.4 Å². The van der Waals surface area contributed by atoms with Gasteiger partial charge >= 0.3 is 0 Å². The van der Waals surface area contributed by atoms with Gasteiger partial charge in [0.1, 0.15) is 0 Å². The molecule has 1 heterocycles. The Morgan fingerprint density at radius 2 is 2.21 bits per heavy atom. The van der Waals surface area contributed by atoms with Crippen LogP contribution in [0.15, 0.2) is 11.4 Å². The third-order valence-electron chi connectivity index (χ3n) is 2.60. The van der Waals surface area contributed by atoms with Crippen LogP contribution in [-0.2, 0) is 16.6 Å². The Labute approximate surface area is 119 Å². The molecule has 1 aromatic rings. The first-order chi connectivity index (χ1) is 8.99. The summed E-state index contributed by atoms with van der Waals surface area (Å²) in [6.45, 7) is 2.72. The Balaban J connectivity index is 2.66. The monoisotopic (exact) mass is 300 g/mol. The Hall–Kier alpha value is -0.870. The van der Waals surface area contributed by atoms with Gasteiger partial charge < -0.3 is 5.73 Å². The van der Waals surface area contributed by atoms with Gasteiger partial charge in [0.05, 0.1) is 12.3 Å². The molecule has 0 fully saturated rings. The van der Waals surface area contributed by atoms with Crippen molar-refractivity contribution in [3.05, 3.63) is 21.9 Å². The molecule has 0 aliphatic rings. The molecule has 0 spiro atoms. The van der Waals surface area contributed by atoms with Crippen LogP contribution in [0.3, 0.4) is 0 Å². The summed E-state index contributed by atoms with van der Waals surface area (Å²) >= 11 is 1.52. The maximum Gasteiger partial charge on any atom is 0.214 e. The summed E-state index contributed by atoms with van der Waals surface area (Å²) in [5.41, 5.74) is 6.20. The lowest BCUT2D eigenvalue weighted by Crippen LogP contribution is -2.28. The molecule has 0 atom stereocenters. The van der Waals surface area contributed by atoms with Crippen molar-refractivity contribution in [3.8, 4) is 11.8 Å². The van der Waals surface area contributed by atoms with Gasteiger partial charge in [-0.2, -0.15) is 4.31 Å². The first-order valence-corrected chi connectivity index (χ1v) is 8.69. The molecular weight excluding hydrogens is 280 g/mol. The van der Waals surface area contributed by atoms with Gasteiger partial charge in [0.15, 0.2) is 0 Å². The molecule has 4 nitrogen and oxygen atoms in total. The number of thiophene rings is 1. The second kappa shape index (κ2) is 7.65. The maximum absolute atomic E-state index is 12.0. The summed E-state index contributed by atoms with van der Waals surface area (Å²) in [6, 6.07) is 1.92. The lowest BCUT2D eigenvalue weighted by Gasteiger charge is -2.15. The van der Waals surface area contributed by atoms with Crippen LogP contribution in [0.25, 0.3) is 0 Å². The van der Waals surface area contributed by atoms with Crippen LogP contribution in [0.1, 0.15) is 30.2 Å². The van der Waals surface area contributed by atoms with Gasteiger partial charge in [0, 0.05) is 29.4 Å². The Morgan fingerprint density at radius 1 is 1.47 bits per heavy atom. The van der Waals surface area contributed by atoms with E-state index in [1.165, 1.54) is 15.6 Å². The number of unbranched alkanes of at least 4 members (excludes halogenated alkanes) is 1. The highest BCUT2D eigenvalue weighted by Gasteiger charge is 2.17. The highest BCUT2D eigenvalue weighted by Crippen LogP contribution is 2.17. The van der Waals surface area contributed by atoms with E-state index in [9.17, 15) is 8.42 Å². The van der Waals surface area contributed by atoms with Gasteiger partial charge in [0.25, 0.3) is 0 Å². The number of nitrogens with two attached hydrogens (primary N) is 1. The second-order valence-corrected chi connectivity index (χ2v) is 7.42. The van der Waals surface area contributed by atoms with E-state index in [0.29, 0.717) is 19.5 Å². The molecule has 0 aliphatic heterocycles. The predicted octanol–water partition coefficient (Wildman–Crippen LogP) is 1.62. The highest BCUT2D eigenvalue weighted by atomic mass is 32.2. The van der Waals surface area contributed by atoms with Crippen LogP contribution in [0.4, 0.5) is 0 Å². The van der Waals surface area contributed by atoms with E-state index in [-0.39, 0.29) is 5.75 Å². The van der Waals surface area contributed by atoms with Crippen molar-refractivity contribution in [1.29, 1.82) is 0 Å². The van der Waals surface area contributed by atoms with Crippen molar-refractivity contribution in [3.63, 3.8) is 0 Å². The first-order valence-electron chi connectivity index (χ1n) is 6.20. The number of rotatable bonds is 6. The standard InChI is InChI=1S/C13H20N2O2S2/c1-3-4-8-19(16,17)15(2)10-13-9-12(11-18-13)6-5-7-14/h9,11H,3-4,7-8,10,14H2,1-2H3. The molecule has 106 valence electrons. The zero-order valence-electron chi connectivity index (χ0n) is 11.3. The van der Waals surface area contributed by atoms with Crippen molar-refractivity contribution < 1.29 is 8.42 Å². The summed E-state index contributed by atoms with van der Waals surface area (Å²) < 4.78 is 25.3. The minimum atomic E-state index is -3.14. The topological polar surface area (TPSA) is 63.4 Å². The van der Waals surface area contributed by atoms with E-state index < -0.39 is 10.0 Å². The Bertz CT molecular complexity index is 553. The Kier molecular flexibility index (Phi) is 6.52. The third kappa shape index (κ3) is 5.33. The van der Waals surface area contributed by atoms with Crippen LogP contribution < -0.4 is 5.73 Å². The Morgan fingerprint density at radius 3 is 2.84 bits per heavy atom. The van der Waals surface area contributed by atoms with Gasteiger partial charge in [-0.25, -0.2) is 8.42 Å². The molecule has 6 heteroatoms. The molecule has 1 aromatic heterocycles. The molecule has 0 bridgehead atoms. The smallest absolute Gasteiger partial charge is 0.214 e. The van der Waals surface area contributed by atoms with Crippen molar-refractivity contribution in [1.82, 2.24) is 4.31 Å². The molecular formula is C13H20N2O2S2. The maximum atomic E-state index is 12.0. The quantitative estimate of drug-likeness (QED) is 0.812. The summed E-state index contributed by atoms with van der Waals surface area (Å²) in [6.07, 6.45) is 1.58. The largest absolute Gasteiger partial charge is 0.320 e. The van der Waals surface area contributed by atoms with Crippen LogP contribution in [0.5, 0.6) is 0 Å². The van der Waals surface area contributed by atoms with Crippen LogP contribution >= 0.6 is 11.3 Å². The molecule has 0 saturated carbocycles. The molecule has 0 unspecified atom stereocenters. The second-order valence-electron chi connectivity index (χ2n) is 4.23. The van der Waals surface area contributed by atoms with E-state index in [0.717, 1.165) is 16.9 Å². The third-order valence-corrected chi connectivity index (χ3v) is 5.40. The lowest BCUT2D eigenvalue weighted by atomic mass is 10.3. The normalized spacial score (nSPS) is 11.4. The van der Waals surface area contributed by atoms with Crippen LogP contribution in [0.2, 0.25) is 0 Å². The van der Waals surface area contributed by atoms with Gasteiger partial charge in [-0.1, -0.05) is 25.2 Å². The van der Waals surface area contributed by atoms with E-state index in [4.69, 9.17) is 5.73 Å². The number of sulfonamides is 1. The fraction of sp³-hybridized carbons (Fsp3) is 0.538. The molecule has 0 saturated heterocycles. The first kappa shape index (κ1) is 16.2. The number of hydrogen-bond acceptors (Lipinski definition) is 4. The van der Waals surface area contributed by atoms with Crippen molar-refractivity contribution in [2.75, 3.05) is 19.3 Å². The molecule has 0 aromatic carbocycles. The fourth-order valence-corrected chi connectivity index (χ4v) is 3.73. The van der Waals surface area contributed by atoms with Gasteiger partial charge in [0.2, 0.25) is 10.0 Å². The summed E-state index contributed by atoms with van der Waals surface area (Å²) in [5, 5.41) is 1.92. The zero-order valence-corrected chi connectivity index (χ0v) is 13.0.